The van der Waals surface area contributed by atoms with Gasteiger partial charge in [-0.1, -0.05) is 32.8 Å². The van der Waals surface area contributed by atoms with Crippen LogP contribution in [0.1, 0.15) is 79.6 Å². The molecule has 0 radical (unpaired) electrons. The van der Waals surface area contributed by atoms with Crippen LogP contribution in [-0.2, 0) is 9.53 Å². The monoisotopic (exact) mass is 336 g/mol. The van der Waals surface area contributed by atoms with Crippen LogP contribution in [0.15, 0.2) is 11.6 Å². The standard InChI is InChI=1S/C21H36O3/c1-15(14-18(22)24-6)8-9-17-20(4)12-7-11-19(2,3)16(20)10-13-21(17,5)23/h14,16-17,23H,7-13H2,1-6H3/b15-14-/t16-,17+,20-,21+/m0/s1. The van der Waals surface area contributed by atoms with Crippen molar-refractivity contribution in [1.82, 2.24) is 0 Å². The van der Waals surface area contributed by atoms with Crippen molar-refractivity contribution >= 4 is 5.97 Å². The number of esters is 1. The fourth-order valence-corrected chi connectivity index (χ4v) is 5.97. The number of methoxy groups -OCH3 is 1. The Morgan fingerprint density at radius 2 is 1.88 bits per heavy atom. The predicted octanol–water partition coefficient (Wildman–Crippen LogP) is 4.88. The normalized spacial score (nSPS) is 39.2. The van der Waals surface area contributed by atoms with Crippen molar-refractivity contribution in [2.75, 3.05) is 7.11 Å². The number of aliphatic hydroxyl groups is 1. The number of allylic oxidation sites excluding steroid dienone is 1. The quantitative estimate of drug-likeness (QED) is 0.588. The second kappa shape index (κ2) is 6.82. The first-order chi connectivity index (χ1) is 11.0. The van der Waals surface area contributed by atoms with Gasteiger partial charge in [0.05, 0.1) is 12.7 Å². The number of carbonyl (C=O) groups is 1. The largest absolute Gasteiger partial charge is 0.466 e. The van der Waals surface area contributed by atoms with Gasteiger partial charge in [0, 0.05) is 6.08 Å². The van der Waals surface area contributed by atoms with Crippen molar-refractivity contribution < 1.29 is 14.6 Å². The van der Waals surface area contributed by atoms with E-state index in [1.165, 1.54) is 26.4 Å². The molecule has 2 aliphatic rings. The van der Waals surface area contributed by atoms with Gasteiger partial charge in [-0.25, -0.2) is 4.79 Å². The average Bonchev–Trinajstić information content (AvgIpc) is 2.44. The Bertz CT molecular complexity index is 503. The molecule has 0 aliphatic heterocycles. The zero-order valence-corrected chi connectivity index (χ0v) is 16.4. The van der Waals surface area contributed by atoms with E-state index in [4.69, 9.17) is 4.74 Å². The summed E-state index contributed by atoms with van der Waals surface area (Å²) in [5, 5.41) is 11.1. The number of rotatable bonds is 4. The van der Waals surface area contributed by atoms with E-state index in [0.717, 1.165) is 31.3 Å². The van der Waals surface area contributed by atoms with Gasteiger partial charge in [0.2, 0.25) is 0 Å². The van der Waals surface area contributed by atoms with Crippen LogP contribution in [-0.4, -0.2) is 23.8 Å². The number of hydrogen-bond acceptors (Lipinski definition) is 3. The molecule has 24 heavy (non-hydrogen) atoms. The van der Waals surface area contributed by atoms with Gasteiger partial charge in [0.25, 0.3) is 0 Å². The summed E-state index contributed by atoms with van der Waals surface area (Å²) in [6.45, 7) is 11.2. The first-order valence-electron chi connectivity index (χ1n) is 9.50. The van der Waals surface area contributed by atoms with E-state index in [1.54, 1.807) is 6.08 Å². The molecule has 138 valence electrons. The molecule has 0 aromatic heterocycles. The van der Waals surface area contributed by atoms with E-state index in [0.29, 0.717) is 11.3 Å². The molecule has 0 bridgehead atoms. The highest BCUT2D eigenvalue weighted by Gasteiger charge is 2.57. The lowest BCUT2D eigenvalue weighted by Gasteiger charge is -2.61. The third kappa shape index (κ3) is 3.71. The van der Waals surface area contributed by atoms with Gasteiger partial charge in [0.15, 0.2) is 0 Å². The van der Waals surface area contributed by atoms with E-state index in [1.807, 2.05) is 13.8 Å². The molecule has 0 amide bonds. The van der Waals surface area contributed by atoms with Crippen LogP contribution in [0, 0.1) is 22.7 Å². The highest BCUT2D eigenvalue weighted by Crippen LogP contribution is 2.62. The molecule has 2 aliphatic carbocycles. The predicted molar refractivity (Wildman–Crippen MR) is 97.6 cm³/mol. The maximum Gasteiger partial charge on any atom is 0.330 e. The highest BCUT2D eigenvalue weighted by molar-refractivity contribution is 5.82. The maximum absolute atomic E-state index is 11.4. The third-order valence-electron chi connectivity index (χ3n) is 7.15. The molecule has 1 N–H and O–H groups in total. The van der Waals surface area contributed by atoms with Crippen LogP contribution in [0.3, 0.4) is 0 Å². The zero-order chi connectivity index (χ0) is 18.2. The van der Waals surface area contributed by atoms with Crippen LogP contribution in [0.4, 0.5) is 0 Å². The lowest BCUT2D eigenvalue weighted by atomic mass is 9.45. The fourth-order valence-electron chi connectivity index (χ4n) is 5.97. The Hall–Kier alpha value is -0.830. The topological polar surface area (TPSA) is 46.5 Å². The van der Waals surface area contributed by atoms with Gasteiger partial charge < -0.3 is 9.84 Å². The Kier molecular flexibility index (Phi) is 5.54. The Balaban J connectivity index is 2.21. The van der Waals surface area contributed by atoms with Crippen LogP contribution < -0.4 is 0 Å². The van der Waals surface area contributed by atoms with Gasteiger partial charge in [-0.2, -0.15) is 0 Å². The van der Waals surface area contributed by atoms with Crippen molar-refractivity contribution in [3.63, 3.8) is 0 Å². The van der Waals surface area contributed by atoms with Crippen molar-refractivity contribution in [2.45, 2.75) is 85.2 Å². The van der Waals surface area contributed by atoms with Gasteiger partial charge in [-0.3, -0.25) is 0 Å². The summed E-state index contributed by atoms with van der Waals surface area (Å²) in [6, 6.07) is 0. The van der Waals surface area contributed by atoms with E-state index < -0.39 is 5.60 Å². The minimum absolute atomic E-state index is 0.190. The van der Waals surface area contributed by atoms with E-state index in [-0.39, 0.29) is 17.3 Å². The Morgan fingerprint density at radius 1 is 1.21 bits per heavy atom. The van der Waals surface area contributed by atoms with E-state index in [2.05, 4.69) is 20.8 Å². The molecule has 0 aromatic carbocycles. The maximum atomic E-state index is 11.4. The smallest absolute Gasteiger partial charge is 0.330 e. The molecule has 4 atom stereocenters. The van der Waals surface area contributed by atoms with Gasteiger partial charge >= 0.3 is 5.97 Å². The molecule has 2 saturated carbocycles. The van der Waals surface area contributed by atoms with Crippen molar-refractivity contribution in [1.29, 1.82) is 0 Å². The van der Waals surface area contributed by atoms with Gasteiger partial charge in [-0.05, 0) is 75.0 Å². The molecule has 0 aromatic rings. The van der Waals surface area contributed by atoms with Crippen LogP contribution in [0.25, 0.3) is 0 Å². The summed E-state index contributed by atoms with van der Waals surface area (Å²) in [4.78, 5) is 11.4. The van der Waals surface area contributed by atoms with Gasteiger partial charge in [0.1, 0.15) is 0 Å². The molecule has 3 heteroatoms. The van der Waals surface area contributed by atoms with Crippen molar-refractivity contribution in [3.05, 3.63) is 11.6 Å². The second-order valence-corrected chi connectivity index (χ2v) is 9.40. The lowest BCUT2D eigenvalue weighted by Crippen LogP contribution is -2.57. The van der Waals surface area contributed by atoms with Crippen molar-refractivity contribution in [3.8, 4) is 0 Å². The van der Waals surface area contributed by atoms with Crippen LogP contribution in [0.2, 0.25) is 0 Å². The summed E-state index contributed by atoms with van der Waals surface area (Å²) in [5.74, 6) is 0.670. The molecule has 0 spiro atoms. The molecular weight excluding hydrogens is 300 g/mol. The molecular formula is C21H36O3. The average molecular weight is 337 g/mol. The summed E-state index contributed by atoms with van der Waals surface area (Å²) >= 11 is 0. The van der Waals surface area contributed by atoms with Crippen LogP contribution in [0.5, 0.6) is 0 Å². The summed E-state index contributed by atoms with van der Waals surface area (Å²) in [5.41, 5.74) is 0.983. The number of carbonyl (C=O) groups excluding carboxylic acids is 1. The fraction of sp³-hybridized carbons (Fsp3) is 0.857. The molecule has 2 fully saturated rings. The Morgan fingerprint density at radius 3 is 2.50 bits per heavy atom. The van der Waals surface area contributed by atoms with Gasteiger partial charge in [-0.15, -0.1) is 0 Å². The minimum atomic E-state index is -0.607. The minimum Gasteiger partial charge on any atom is -0.466 e. The number of ether oxygens (including phenoxy) is 1. The zero-order valence-electron chi connectivity index (χ0n) is 16.4. The molecule has 0 heterocycles. The second-order valence-electron chi connectivity index (χ2n) is 9.40. The summed E-state index contributed by atoms with van der Waals surface area (Å²) < 4.78 is 4.72. The third-order valence-corrected chi connectivity index (χ3v) is 7.15. The van der Waals surface area contributed by atoms with E-state index >= 15 is 0 Å². The first kappa shape index (κ1) is 19.5. The SMILES string of the molecule is COC(=O)/C=C(/C)CC[C@@H]1[C@@]2(C)CCCC(C)(C)[C@@H]2CC[C@@]1(C)O. The number of hydrogen-bond donors (Lipinski definition) is 1. The highest BCUT2D eigenvalue weighted by atomic mass is 16.5. The molecule has 0 saturated heterocycles. The Labute approximate surface area is 147 Å². The summed E-state index contributed by atoms with van der Waals surface area (Å²) in [6.07, 6.45) is 9.15. The number of fused-ring (bicyclic) bond motifs is 1. The summed E-state index contributed by atoms with van der Waals surface area (Å²) in [7, 11) is 1.41. The molecule has 0 unspecified atom stereocenters. The molecule has 3 nitrogen and oxygen atoms in total. The first-order valence-corrected chi connectivity index (χ1v) is 9.50. The van der Waals surface area contributed by atoms with E-state index in [9.17, 15) is 9.90 Å². The molecule has 2 rings (SSSR count). The van der Waals surface area contributed by atoms with Crippen LogP contribution >= 0.6 is 0 Å². The van der Waals surface area contributed by atoms with Crippen molar-refractivity contribution in [2.24, 2.45) is 22.7 Å². The lowest BCUT2D eigenvalue weighted by molar-refractivity contribution is -0.168.